The van der Waals surface area contributed by atoms with Crippen molar-refractivity contribution in [3.8, 4) is 0 Å². The first-order valence-electron chi connectivity index (χ1n) is 8.57. The molecular formula is C17H20FN5O3S2. The number of carbonyl (C=O) groups is 1. The zero-order valence-corrected chi connectivity index (χ0v) is 16.7. The highest BCUT2D eigenvalue weighted by Crippen LogP contribution is 2.20. The SMILES string of the molecule is C=CCn1cnnc1SCC(=O)N1CCN(S(=O)(=O)c2ccc(F)cc2)CC1. The fraction of sp³-hybridized carbons (Fsp3) is 0.353. The highest BCUT2D eigenvalue weighted by Gasteiger charge is 2.30. The van der Waals surface area contributed by atoms with Gasteiger partial charge in [0.1, 0.15) is 12.1 Å². The Hall–Kier alpha value is -2.24. The quantitative estimate of drug-likeness (QED) is 0.490. The summed E-state index contributed by atoms with van der Waals surface area (Å²) in [5.41, 5.74) is 0. The van der Waals surface area contributed by atoms with Crippen LogP contribution in [0.4, 0.5) is 4.39 Å². The molecule has 1 aliphatic heterocycles. The van der Waals surface area contributed by atoms with E-state index in [1.54, 1.807) is 21.9 Å². The first kappa shape index (κ1) is 20.5. The Morgan fingerprint density at radius 1 is 1.21 bits per heavy atom. The lowest BCUT2D eigenvalue weighted by Gasteiger charge is -2.34. The van der Waals surface area contributed by atoms with Crippen molar-refractivity contribution in [1.82, 2.24) is 24.0 Å². The Bertz CT molecular complexity index is 938. The first-order valence-corrected chi connectivity index (χ1v) is 11.0. The zero-order chi connectivity index (χ0) is 20.1. The minimum Gasteiger partial charge on any atom is -0.339 e. The number of allylic oxidation sites excluding steroid dienone is 1. The summed E-state index contributed by atoms with van der Waals surface area (Å²) in [5, 5.41) is 8.43. The van der Waals surface area contributed by atoms with Gasteiger partial charge in [-0.15, -0.1) is 16.8 Å². The molecule has 11 heteroatoms. The van der Waals surface area contributed by atoms with E-state index in [-0.39, 0.29) is 29.6 Å². The lowest BCUT2D eigenvalue weighted by atomic mass is 10.3. The van der Waals surface area contributed by atoms with Gasteiger partial charge in [-0.3, -0.25) is 4.79 Å². The minimum absolute atomic E-state index is 0.0470. The lowest BCUT2D eigenvalue weighted by molar-refractivity contribution is -0.129. The third-order valence-electron chi connectivity index (χ3n) is 4.27. The van der Waals surface area contributed by atoms with E-state index >= 15 is 0 Å². The van der Waals surface area contributed by atoms with Crippen molar-refractivity contribution in [1.29, 1.82) is 0 Å². The number of halogens is 1. The molecule has 1 aromatic heterocycles. The molecule has 0 spiro atoms. The highest BCUT2D eigenvalue weighted by molar-refractivity contribution is 7.99. The third kappa shape index (κ3) is 4.59. The Balaban J connectivity index is 1.54. The summed E-state index contributed by atoms with van der Waals surface area (Å²) < 4.78 is 41.4. The van der Waals surface area contributed by atoms with Crippen LogP contribution in [0.15, 0.2) is 53.3 Å². The topological polar surface area (TPSA) is 88.4 Å². The van der Waals surface area contributed by atoms with Gasteiger partial charge in [0.2, 0.25) is 15.9 Å². The second kappa shape index (κ2) is 8.84. The molecule has 2 heterocycles. The van der Waals surface area contributed by atoms with Crippen LogP contribution >= 0.6 is 11.8 Å². The maximum Gasteiger partial charge on any atom is 0.243 e. The van der Waals surface area contributed by atoms with Gasteiger partial charge in [0.15, 0.2) is 5.16 Å². The van der Waals surface area contributed by atoms with Crippen LogP contribution in [0.25, 0.3) is 0 Å². The Morgan fingerprint density at radius 2 is 1.89 bits per heavy atom. The van der Waals surface area contributed by atoms with Crippen LogP contribution in [0.1, 0.15) is 0 Å². The first-order chi connectivity index (χ1) is 13.4. The molecule has 8 nitrogen and oxygen atoms in total. The molecule has 0 N–H and O–H groups in total. The summed E-state index contributed by atoms with van der Waals surface area (Å²) in [7, 11) is -3.70. The monoisotopic (exact) mass is 425 g/mol. The molecule has 150 valence electrons. The smallest absolute Gasteiger partial charge is 0.243 e. The van der Waals surface area contributed by atoms with E-state index in [9.17, 15) is 17.6 Å². The molecule has 1 saturated heterocycles. The zero-order valence-electron chi connectivity index (χ0n) is 15.1. The van der Waals surface area contributed by atoms with Crippen molar-refractivity contribution >= 4 is 27.7 Å². The molecule has 28 heavy (non-hydrogen) atoms. The fourth-order valence-electron chi connectivity index (χ4n) is 2.77. The van der Waals surface area contributed by atoms with E-state index in [4.69, 9.17) is 0 Å². The van der Waals surface area contributed by atoms with Crippen molar-refractivity contribution in [2.24, 2.45) is 0 Å². The van der Waals surface area contributed by atoms with E-state index < -0.39 is 15.8 Å². The molecule has 1 fully saturated rings. The molecule has 0 bridgehead atoms. The summed E-state index contributed by atoms with van der Waals surface area (Å²) in [5.74, 6) is -0.381. The fourth-order valence-corrected chi connectivity index (χ4v) is 5.02. The average molecular weight is 426 g/mol. The number of nitrogens with zero attached hydrogens (tertiary/aromatic N) is 5. The summed E-state index contributed by atoms with van der Waals surface area (Å²) in [6, 6.07) is 4.74. The Morgan fingerprint density at radius 3 is 2.54 bits per heavy atom. The van der Waals surface area contributed by atoms with Gasteiger partial charge in [-0.05, 0) is 24.3 Å². The van der Waals surface area contributed by atoms with Gasteiger partial charge in [-0.1, -0.05) is 17.8 Å². The van der Waals surface area contributed by atoms with Crippen molar-refractivity contribution in [2.45, 2.75) is 16.6 Å². The third-order valence-corrected chi connectivity index (χ3v) is 7.15. The molecule has 2 aromatic rings. The van der Waals surface area contributed by atoms with E-state index in [2.05, 4.69) is 16.8 Å². The van der Waals surface area contributed by atoms with Gasteiger partial charge in [0, 0.05) is 32.7 Å². The van der Waals surface area contributed by atoms with Gasteiger partial charge in [0.05, 0.1) is 10.6 Å². The summed E-state index contributed by atoms with van der Waals surface area (Å²) >= 11 is 1.28. The van der Waals surface area contributed by atoms with Crippen LogP contribution in [0.5, 0.6) is 0 Å². The largest absolute Gasteiger partial charge is 0.339 e. The second-order valence-electron chi connectivity index (χ2n) is 6.08. The number of sulfonamides is 1. The average Bonchev–Trinajstić information content (AvgIpc) is 3.14. The Labute approximate surface area is 167 Å². The number of amides is 1. The molecule has 1 aromatic carbocycles. The number of rotatable bonds is 7. The van der Waals surface area contributed by atoms with E-state index in [0.717, 1.165) is 12.1 Å². The van der Waals surface area contributed by atoms with Gasteiger partial charge in [-0.25, -0.2) is 12.8 Å². The van der Waals surface area contributed by atoms with Crippen molar-refractivity contribution < 1.29 is 17.6 Å². The number of hydrogen-bond donors (Lipinski definition) is 0. The van der Waals surface area contributed by atoms with Crippen LogP contribution in [0.2, 0.25) is 0 Å². The number of piperazine rings is 1. The second-order valence-corrected chi connectivity index (χ2v) is 8.96. The normalized spacial score (nSPS) is 15.5. The molecule has 1 amide bonds. The minimum atomic E-state index is -3.70. The van der Waals surface area contributed by atoms with Gasteiger partial charge >= 0.3 is 0 Å². The summed E-state index contributed by atoms with van der Waals surface area (Å²) in [6.07, 6.45) is 3.30. The molecule has 3 rings (SSSR count). The predicted molar refractivity (Wildman–Crippen MR) is 103 cm³/mol. The van der Waals surface area contributed by atoms with Crippen molar-refractivity contribution in [3.63, 3.8) is 0 Å². The molecule has 0 atom stereocenters. The molecule has 0 aliphatic carbocycles. The molecule has 0 saturated carbocycles. The standard InChI is InChI=1S/C17H20FN5O3S2/c1-2-7-22-13-19-20-17(22)27-12-16(24)21-8-10-23(11-9-21)28(25,26)15-5-3-14(18)4-6-15/h2-6,13H,1,7-12H2. The van der Waals surface area contributed by atoms with Crippen LogP contribution in [-0.4, -0.2) is 70.2 Å². The molecule has 1 aliphatic rings. The van der Waals surface area contributed by atoms with Gasteiger partial charge < -0.3 is 9.47 Å². The van der Waals surface area contributed by atoms with Crippen molar-refractivity contribution in [2.75, 3.05) is 31.9 Å². The van der Waals surface area contributed by atoms with E-state index in [1.807, 2.05) is 0 Å². The molecule has 0 radical (unpaired) electrons. The number of thioether (sulfide) groups is 1. The summed E-state index contributed by atoms with van der Waals surface area (Å²) in [6.45, 7) is 5.23. The summed E-state index contributed by atoms with van der Waals surface area (Å²) in [4.78, 5) is 14.1. The maximum atomic E-state index is 13.0. The van der Waals surface area contributed by atoms with Gasteiger partial charge in [-0.2, -0.15) is 4.31 Å². The van der Waals surface area contributed by atoms with Crippen LogP contribution in [0, 0.1) is 5.82 Å². The van der Waals surface area contributed by atoms with E-state index in [0.29, 0.717) is 24.8 Å². The van der Waals surface area contributed by atoms with Crippen LogP contribution in [-0.2, 0) is 21.4 Å². The number of hydrogen-bond acceptors (Lipinski definition) is 6. The molecular weight excluding hydrogens is 405 g/mol. The number of carbonyl (C=O) groups excluding carboxylic acids is 1. The maximum absolute atomic E-state index is 13.0. The highest BCUT2D eigenvalue weighted by atomic mass is 32.2. The number of benzene rings is 1. The van der Waals surface area contributed by atoms with Crippen LogP contribution in [0.3, 0.4) is 0 Å². The predicted octanol–water partition coefficient (Wildman–Crippen LogP) is 1.23. The Kier molecular flexibility index (Phi) is 6.47. The van der Waals surface area contributed by atoms with Crippen molar-refractivity contribution in [3.05, 3.63) is 49.1 Å². The van der Waals surface area contributed by atoms with E-state index in [1.165, 1.54) is 28.2 Å². The molecule has 0 unspecified atom stereocenters. The number of aromatic nitrogens is 3. The lowest BCUT2D eigenvalue weighted by Crippen LogP contribution is -2.50. The van der Waals surface area contributed by atoms with Crippen LogP contribution < -0.4 is 0 Å². The van der Waals surface area contributed by atoms with Gasteiger partial charge in [0.25, 0.3) is 0 Å².